The van der Waals surface area contributed by atoms with Gasteiger partial charge in [0, 0.05) is 32.7 Å². The minimum atomic E-state index is -0.0766. The molecule has 1 amide bonds. The summed E-state index contributed by atoms with van der Waals surface area (Å²) in [7, 11) is 1.68. The lowest BCUT2D eigenvalue weighted by atomic mass is 10.1. The summed E-state index contributed by atoms with van der Waals surface area (Å²) < 4.78 is 7.14. The highest BCUT2D eigenvalue weighted by Crippen LogP contribution is 2.23. The minimum Gasteiger partial charge on any atom is -0.385 e. The van der Waals surface area contributed by atoms with Crippen LogP contribution in [0.3, 0.4) is 0 Å². The van der Waals surface area contributed by atoms with E-state index >= 15 is 0 Å². The van der Waals surface area contributed by atoms with Crippen molar-refractivity contribution in [1.82, 2.24) is 24.6 Å². The van der Waals surface area contributed by atoms with Crippen LogP contribution in [0.5, 0.6) is 0 Å². The van der Waals surface area contributed by atoms with Crippen LogP contribution in [0.1, 0.15) is 28.6 Å². The molecule has 0 saturated heterocycles. The maximum Gasteiger partial charge on any atom is 0.272 e. The van der Waals surface area contributed by atoms with Crippen LogP contribution in [0.2, 0.25) is 0 Å². The Morgan fingerprint density at radius 1 is 1.43 bits per heavy atom. The molecule has 0 spiro atoms. The van der Waals surface area contributed by atoms with Crippen molar-refractivity contribution in [1.29, 1.82) is 0 Å². The van der Waals surface area contributed by atoms with Crippen molar-refractivity contribution < 1.29 is 9.53 Å². The summed E-state index contributed by atoms with van der Waals surface area (Å²) >= 11 is 0. The third-order valence-corrected chi connectivity index (χ3v) is 3.63. The second-order valence-corrected chi connectivity index (χ2v) is 4.98. The van der Waals surface area contributed by atoms with E-state index in [0.717, 1.165) is 12.1 Å². The van der Waals surface area contributed by atoms with Crippen LogP contribution in [0, 0.1) is 0 Å². The van der Waals surface area contributed by atoms with E-state index in [1.807, 2.05) is 10.7 Å². The van der Waals surface area contributed by atoms with Gasteiger partial charge in [-0.2, -0.15) is 5.10 Å². The van der Waals surface area contributed by atoms with Crippen molar-refractivity contribution in [2.45, 2.75) is 19.0 Å². The molecule has 3 rings (SSSR count). The third-order valence-electron chi connectivity index (χ3n) is 3.63. The number of rotatable bonds is 4. The molecule has 2 aromatic rings. The van der Waals surface area contributed by atoms with Crippen molar-refractivity contribution in [3.63, 3.8) is 0 Å². The molecule has 0 aliphatic carbocycles. The summed E-state index contributed by atoms with van der Waals surface area (Å²) in [4.78, 5) is 22.2. The fraction of sp³-hybridized carbons (Fsp3) is 0.429. The van der Waals surface area contributed by atoms with Gasteiger partial charge in [0.15, 0.2) is 0 Å². The van der Waals surface area contributed by atoms with Gasteiger partial charge in [0.05, 0.1) is 18.3 Å². The zero-order valence-electron chi connectivity index (χ0n) is 11.8. The summed E-state index contributed by atoms with van der Waals surface area (Å²) in [5.41, 5.74) is 1.45. The molecule has 2 aromatic heterocycles. The first-order chi connectivity index (χ1) is 10.3. The molecule has 1 atom stereocenters. The smallest absolute Gasteiger partial charge is 0.272 e. The molecule has 0 N–H and O–H groups in total. The number of carbonyl (C=O) groups is 1. The van der Waals surface area contributed by atoms with Gasteiger partial charge in [-0.25, -0.2) is 9.97 Å². The van der Waals surface area contributed by atoms with Crippen molar-refractivity contribution in [2.75, 3.05) is 20.3 Å². The average Bonchev–Trinajstić information content (AvgIpc) is 3.01. The van der Waals surface area contributed by atoms with Gasteiger partial charge < -0.3 is 9.64 Å². The summed E-state index contributed by atoms with van der Waals surface area (Å²) in [6, 6.07) is 3.71. The van der Waals surface area contributed by atoms with Gasteiger partial charge in [-0.15, -0.1) is 0 Å². The second-order valence-electron chi connectivity index (χ2n) is 4.98. The Balaban J connectivity index is 1.81. The van der Waals surface area contributed by atoms with E-state index in [4.69, 9.17) is 4.74 Å². The van der Waals surface area contributed by atoms with Crippen LogP contribution < -0.4 is 0 Å². The third kappa shape index (κ3) is 2.78. The number of amides is 1. The molecular weight excluding hydrogens is 270 g/mol. The van der Waals surface area contributed by atoms with Crippen LogP contribution >= 0.6 is 0 Å². The lowest BCUT2D eigenvalue weighted by molar-refractivity contribution is 0.0635. The number of nitrogens with zero attached hydrogens (tertiary/aromatic N) is 5. The van der Waals surface area contributed by atoms with Crippen molar-refractivity contribution in [2.24, 2.45) is 0 Å². The minimum absolute atomic E-state index is 0.0766. The Labute approximate surface area is 122 Å². The molecule has 110 valence electrons. The van der Waals surface area contributed by atoms with Gasteiger partial charge in [0.1, 0.15) is 12.0 Å². The molecular formula is C14H17N5O2. The number of fused-ring (bicyclic) bond motifs is 1. The van der Waals surface area contributed by atoms with E-state index in [0.29, 0.717) is 25.4 Å². The van der Waals surface area contributed by atoms with Crippen LogP contribution in [-0.4, -0.2) is 50.8 Å². The van der Waals surface area contributed by atoms with Crippen LogP contribution in [0.25, 0.3) is 0 Å². The van der Waals surface area contributed by atoms with E-state index in [9.17, 15) is 4.79 Å². The molecule has 0 fully saturated rings. The molecule has 0 aromatic carbocycles. The van der Waals surface area contributed by atoms with Gasteiger partial charge in [0.25, 0.3) is 5.91 Å². The van der Waals surface area contributed by atoms with Crippen LogP contribution in [0.4, 0.5) is 0 Å². The molecule has 0 saturated carbocycles. The Morgan fingerprint density at radius 3 is 3.10 bits per heavy atom. The van der Waals surface area contributed by atoms with Crippen molar-refractivity contribution in [3.05, 3.63) is 42.2 Å². The Hall–Kier alpha value is -2.28. The van der Waals surface area contributed by atoms with E-state index in [2.05, 4.69) is 15.1 Å². The summed E-state index contributed by atoms with van der Waals surface area (Å²) in [5, 5.41) is 4.36. The van der Waals surface area contributed by atoms with Crippen molar-refractivity contribution >= 4 is 5.91 Å². The Kier molecular flexibility index (Phi) is 3.92. The van der Waals surface area contributed by atoms with E-state index < -0.39 is 0 Å². The molecule has 21 heavy (non-hydrogen) atoms. The SMILES string of the molecule is COCC[C@H]1CN(C(=O)c2ccncn2)Cc2ccnn21. The van der Waals surface area contributed by atoms with Gasteiger partial charge in [-0.05, 0) is 18.6 Å². The number of aromatic nitrogens is 4. The quantitative estimate of drug-likeness (QED) is 0.835. The number of hydrogen-bond acceptors (Lipinski definition) is 5. The van der Waals surface area contributed by atoms with Gasteiger partial charge >= 0.3 is 0 Å². The lowest BCUT2D eigenvalue weighted by Gasteiger charge is -2.33. The van der Waals surface area contributed by atoms with Gasteiger partial charge in [-0.1, -0.05) is 0 Å². The Morgan fingerprint density at radius 2 is 2.33 bits per heavy atom. The van der Waals surface area contributed by atoms with Crippen LogP contribution in [0.15, 0.2) is 30.9 Å². The highest BCUT2D eigenvalue weighted by molar-refractivity contribution is 5.92. The monoisotopic (exact) mass is 287 g/mol. The first-order valence-electron chi connectivity index (χ1n) is 6.86. The maximum atomic E-state index is 12.5. The Bertz CT molecular complexity index is 613. The normalized spacial score (nSPS) is 17.6. The topological polar surface area (TPSA) is 73.1 Å². The summed E-state index contributed by atoms with van der Waals surface area (Å²) in [5.74, 6) is -0.0766. The summed E-state index contributed by atoms with van der Waals surface area (Å²) in [6.07, 6.45) is 5.56. The molecule has 3 heterocycles. The fourth-order valence-electron chi connectivity index (χ4n) is 2.59. The first-order valence-corrected chi connectivity index (χ1v) is 6.86. The van der Waals surface area contributed by atoms with Gasteiger partial charge in [-0.3, -0.25) is 9.48 Å². The fourth-order valence-corrected chi connectivity index (χ4v) is 2.59. The molecule has 0 radical (unpaired) electrons. The standard InChI is InChI=1S/C14H17N5O2/c1-21-7-4-12-9-18(8-11-2-6-17-19(11)12)14(20)13-3-5-15-10-16-13/h2-3,5-6,10,12H,4,7-9H2,1H3/t12-/m0/s1. The second kappa shape index (κ2) is 6.01. The highest BCUT2D eigenvalue weighted by Gasteiger charge is 2.29. The zero-order chi connectivity index (χ0) is 14.7. The first kappa shape index (κ1) is 13.7. The predicted octanol–water partition coefficient (Wildman–Crippen LogP) is 0.907. The lowest BCUT2D eigenvalue weighted by Crippen LogP contribution is -2.41. The molecule has 1 aliphatic heterocycles. The number of hydrogen-bond donors (Lipinski definition) is 0. The number of carbonyl (C=O) groups excluding carboxylic acids is 1. The zero-order valence-corrected chi connectivity index (χ0v) is 11.8. The molecule has 7 nitrogen and oxygen atoms in total. The molecule has 0 unspecified atom stereocenters. The van der Waals surface area contributed by atoms with E-state index in [-0.39, 0.29) is 11.9 Å². The molecule has 7 heteroatoms. The van der Waals surface area contributed by atoms with Crippen LogP contribution in [-0.2, 0) is 11.3 Å². The molecule has 0 bridgehead atoms. The van der Waals surface area contributed by atoms with Crippen molar-refractivity contribution in [3.8, 4) is 0 Å². The largest absolute Gasteiger partial charge is 0.385 e. The summed E-state index contributed by atoms with van der Waals surface area (Å²) in [6.45, 7) is 1.80. The number of ether oxygens (including phenoxy) is 1. The average molecular weight is 287 g/mol. The maximum absolute atomic E-state index is 12.5. The highest BCUT2D eigenvalue weighted by atomic mass is 16.5. The van der Waals surface area contributed by atoms with E-state index in [1.54, 1.807) is 30.5 Å². The van der Waals surface area contributed by atoms with E-state index in [1.165, 1.54) is 6.33 Å². The predicted molar refractivity (Wildman–Crippen MR) is 74.5 cm³/mol. The van der Waals surface area contributed by atoms with Gasteiger partial charge in [0.2, 0.25) is 0 Å². The molecule has 1 aliphatic rings. The number of methoxy groups -OCH3 is 1.